The Balaban J connectivity index is 1.95. The summed E-state index contributed by atoms with van der Waals surface area (Å²) in [4.78, 5) is 32.1. The highest BCUT2D eigenvalue weighted by molar-refractivity contribution is 6.31. The number of benzene rings is 2. The van der Waals surface area contributed by atoms with Crippen molar-refractivity contribution in [2.24, 2.45) is 7.05 Å². The summed E-state index contributed by atoms with van der Waals surface area (Å²) in [5, 5.41) is 3.83. The summed E-state index contributed by atoms with van der Waals surface area (Å²) in [6.45, 7) is 4.08. The quantitative estimate of drug-likeness (QED) is 0.615. The molecule has 1 heterocycles. The Hall–Kier alpha value is -3.26. The number of urea groups is 1. The Kier molecular flexibility index (Phi) is 6.70. The van der Waals surface area contributed by atoms with E-state index >= 15 is 0 Å². The van der Waals surface area contributed by atoms with Crippen molar-refractivity contribution < 1.29 is 14.3 Å². The Morgan fingerprint density at radius 3 is 2.61 bits per heavy atom. The van der Waals surface area contributed by atoms with Crippen LogP contribution in [0.1, 0.15) is 25.7 Å². The molecule has 3 rings (SSSR count). The zero-order valence-corrected chi connectivity index (χ0v) is 18.9. The van der Waals surface area contributed by atoms with Gasteiger partial charge in [0, 0.05) is 24.7 Å². The summed E-state index contributed by atoms with van der Waals surface area (Å²) in [6, 6.07) is 9.26. The zero-order valence-electron chi connectivity index (χ0n) is 18.1. The van der Waals surface area contributed by atoms with Crippen molar-refractivity contribution in [2.45, 2.75) is 19.9 Å². The third-order valence-electron chi connectivity index (χ3n) is 5.17. The highest BCUT2D eigenvalue weighted by Crippen LogP contribution is 2.30. The topological polar surface area (TPSA) is 85.7 Å². The van der Waals surface area contributed by atoms with E-state index in [1.165, 1.54) is 11.7 Å². The fourth-order valence-electron chi connectivity index (χ4n) is 3.46. The van der Waals surface area contributed by atoms with Crippen molar-refractivity contribution >= 4 is 34.2 Å². The van der Waals surface area contributed by atoms with Gasteiger partial charge in [0.1, 0.15) is 17.3 Å². The molecule has 0 fully saturated rings. The average molecular weight is 445 g/mol. The smallest absolute Gasteiger partial charge is 0.322 e. The van der Waals surface area contributed by atoms with Crippen LogP contribution >= 0.6 is 11.6 Å². The maximum Gasteiger partial charge on any atom is 0.322 e. The van der Waals surface area contributed by atoms with E-state index in [-0.39, 0.29) is 11.6 Å². The minimum absolute atomic E-state index is 0.197. The van der Waals surface area contributed by atoms with E-state index in [9.17, 15) is 9.59 Å². The van der Waals surface area contributed by atoms with Crippen molar-refractivity contribution in [1.29, 1.82) is 0 Å². The van der Waals surface area contributed by atoms with E-state index in [2.05, 4.69) is 10.3 Å². The van der Waals surface area contributed by atoms with Crippen LogP contribution in [0.25, 0.3) is 10.9 Å². The van der Waals surface area contributed by atoms with Gasteiger partial charge in [0.05, 0.1) is 36.9 Å². The number of halogens is 1. The number of hydrogen-bond acceptors (Lipinski definition) is 5. The lowest BCUT2D eigenvalue weighted by molar-refractivity contribution is 0.192. The van der Waals surface area contributed by atoms with Crippen LogP contribution < -0.4 is 20.3 Å². The Bertz CT molecular complexity index is 1180. The first kappa shape index (κ1) is 22.4. The van der Waals surface area contributed by atoms with Crippen LogP contribution in [0.3, 0.4) is 0 Å². The fraction of sp³-hybridized carbons (Fsp3) is 0.318. The van der Waals surface area contributed by atoms with Crippen LogP contribution in [0.4, 0.5) is 10.5 Å². The van der Waals surface area contributed by atoms with Gasteiger partial charge in [-0.2, -0.15) is 0 Å². The zero-order chi connectivity index (χ0) is 22.7. The van der Waals surface area contributed by atoms with Gasteiger partial charge in [-0.15, -0.1) is 0 Å². The van der Waals surface area contributed by atoms with E-state index in [1.54, 1.807) is 55.5 Å². The number of amides is 2. The summed E-state index contributed by atoms with van der Waals surface area (Å²) in [6.07, 6.45) is 0. The number of hydrogen-bond donors (Lipinski definition) is 1. The largest absolute Gasteiger partial charge is 0.497 e. The van der Waals surface area contributed by atoms with E-state index < -0.39 is 6.04 Å². The molecule has 1 aromatic heterocycles. The van der Waals surface area contributed by atoms with Gasteiger partial charge in [-0.1, -0.05) is 11.6 Å². The third-order valence-corrected chi connectivity index (χ3v) is 5.40. The lowest BCUT2D eigenvalue weighted by Crippen LogP contribution is -2.39. The van der Waals surface area contributed by atoms with Crippen LogP contribution in [-0.4, -0.2) is 41.2 Å². The summed E-state index contributed by atoms with van der Waals surface area (Å²) in [5.74, 6) is 1.55. The van der Waals surface area contributed by atoms with Crippen molar-refractivity contribution in [1.82, 2.24) is 14.5 Å². The summed E-state index contributed by atoms with van der Waals surface area (Å²) < 4.78 is 12.0. The number of rotatable bonds is 6. The van der Waals surface area contributed by atoms with Crippen molar-refractivity contribution in [2.75, 3.05) is 26.1 Å². The molecule has 1 atom stereocenters. The SMILES string of the molecule is CCN(C(=O)Nc1ccc(OC)cc1OC)C(C)c1nc2cc(Cl)ccc2c(=O)n1C. The van der Waals surface area contributed by atoms with Gasteiger partial charge in [0.2, 0.25) is 0 Å². The Morgan fingerprint density at radius 2 is 1.97 bits per heavy atom. The normalized spacial score (nSPS) is 11.8. The monoisotopic (exact) mass is 444 g/mol. The molecule has 8 nitrogen and oxygen atoms in total. The minimum Gasteiger partial charge on any atom is -0.497 e. The van der Waals surface area contributed by atoms with Gasteiger partial charge in [-0.05, 0) is 44.2 Å². The van der Waals surface area contributed by atoms with Gasteiger partial charge in [-0.3, -0.25) is 9.36 Å². The van der Waals surface area contributed by atoms with Crippen molar-refractivity contribution in [3.63, 3.8) is 0 Å². The second-order valence-electron chi connectivity index (χ2n) is 6.95. The molecular weight excluding hydrogens is 420 g/mol. The number of nitrogens with zero attached hydrogens (tertiary/aromatic N) is 3. The Labute approximate surface area is 185 Å². The van der Waals surface area contributed by atoms with Crippen LogP contribution in [-0.2, 0) is 7.05 Å². The molecule has 0 aliphatic rings. The minimum atomic E-state index is -0.477. The highest BCUT2D eigenvalue weighted by atomic mass is 35.5. The predicted molar refractivity (Wildman–Crippen MR) is 121 cm³/mol. The molecule has 0 bridgehead atoms. The molecule has 2 aromatic carbocycles. The van der Waals surface area contributed by atoms with E-state index in [1.807, 2.05) is 13.8 Å². The Morgan fingerprint density at radius 1 is 1.23 bits per heavy atom. The molecule has 0 aliphatic heterocycles. The van der Waals surface area contributed by atoms with E-state index in [4.69, 9.17) is 21.1 Å². The van der Waals surface area contributed by atoms with E-state index in [0.717, 1.165) is 0 Å². The third kappa shape index (κ3) is 4.44. The molecule has 0 aliphatic carbocycles. The molecule has 0 saturated heterocycles. The predicted octanol–water partition coefficient (Wildman–Crippen LogP) is 4.22. The molecule has 31 heavy (non-hydrogen) atoms. The average Bonchev–Trinajstić information content (AvgIpc) is 2.76. The van der Waals surface area contributed by atoms with Gasteiger partial charge in [0.15, 0.2) is 0 Å². The molecule has 164 valence electrons. The number of anilines is 1. The van der Waals surface area contributed by atoms with E-state index in [0.29, 0.717) is 45.5 Å². The summed E-state index contributed by atoms with van der Waals surface area (Å²) >= 11 is 6.08. The first-order chi connectivity index (χ1) is 14.8. The fourth-order valence-corrected chi connectivity index (χ4v) is 3.62. The molecule has 0 radical (unpaired) electrons. The molecule has 0 spiro atoms. The van der Waals surface area contributed by atoms with Gasteiger partial charge in [0.25, 0.3) is 5.56 Å². The first-order valence-corrected chi connectivity index (χ1v) is 10.1. The van der Waals surface area contributed by atoms with Crippen LogP contribution in [0.5, 0.6) is 11.5 Å². The number of carbonyl (C=O) groups is 1. The maximum atomic E-state index is 13.1. The van der Waals surface area contributed by atoms with Crippen molar-refractivity contribution in [3.05, 3.63) is 57.6 Å². The van der Waals surface area contributed by atoms with Crippen molar-refractivity contribution in [3.8, 4) is 11.5 Å². The molecule has 0 saturated carbocycles. The molecule has 1 unspecified atom stereocenters. The second-order valence-corrected chi connectivity index (χ2v) is 7.39. The molecule has 2 amide bonds. The standard InChI is InChI=1S/C22H25ClN4O4/c1-6-27(22(29)25-17-10-8-15(30-4)12-19(17)31-5)13(2)20-24-18-11-14(23)7-9-16(18)21(28)26(20)3/h7-13H,6H2,1-5H3,(H,25,29). The molecular formula is C22H25ClN4O4. The van der Waals surface area contributed by atoms with Gasteiger partial charge in [-0.25, -0.2) is 9.78 Å². The second kappa shape index (κ2) is 9.26. The number of ether oxygens (including phenoxy) is 2. The lowest BCUT2D eigenvalue weighted by atomic mass is 10.2. The van der Waals surface area contributed by atoms with Crippen LogP contribution in [0, 0.1) is 0 Å². The number of aromatic nitrogens is 2. The van der Waals surface area contributed by atoms with Gasteiger partial charge >= 0.3 is 6.03 Å². The number of methoxy groups -OCH3 is 2. The molecule has 9 heteroatoms. The number of carbonyl (C=O) groups excluding carboxylic acids is 1. The van der Waals surface area contributed by atoms with Crippen LogP contribution in [0.15, 0.2) is 41.2 Å². The highest BCUT2D eigenvalue weighted by Gasteiger charge is 2.25. The number of nitrogens with one attached hydrogen (secondary N) is 1. The van der Waals surface area contributed by atoms with Gasteiger partial charge < -0.3 is 19.7 Å². The molecule has 3 aromatic rings. The van der Waals surface area contributed by atoms with Crippen LogP contribution in [0.2, 0.25) is 5.02 Å². The summed E-state index contributed by atoms with van der Waals surface area (Å²) in [5.41, 5.74) is 0.800. The first-order valence-electron chi connectivity index (χ1n) is 9.76. The maximum absolute atomic E-state index is 13.1. The number of fused-ring (bicyclic) bond motifs is 1. The lowest BCUT2D eigenvalue weighted by Gasteiger charge is -2.29. The molecule has 1 N–H and O–H groups in total. The summed E-state index contributed by atoms with van der Waals surface area (Å²) in [7, 11) is 4.72.